The van der Waals surface area contributed by atoms with Crippen molar-refractivity contribution in [2.75, 3.05) is 12.8 Å². The van der Waals surface area contributed by atoms with Crippen molar-refractivity contribution in [1.29, 1.82) is 0 Å². The van der Waals surface area contributed by atoms with Crippen molar-refractivity contribution >= 4 is 29.8 Å². The van der Waals surface area contributed by atoms with Gasteiger partial charge in [0.05, 0.1) is 12.8 Å². The highest BCUT2D eigenvalue weighted by Gasteiger charge is 2.06. The second-order valence-corrected chi connectivity index (χ2v) is 5.36. The zero-order valence-electron chi connectivity index (χ0n) is 12.5. The Morgan fingerprint density at radius 2 is 1.87 bits per heavy atom. The summed E-state index contributed by atoms with van der Waals surface area (Å²) in [4.78, 5) is 28.3. The Kier molecular flexibility index (Phi) is 6.31. The lowest BCUT2D eigenvalue weighted by Gasteiger charge is -2.03. The molecule has 0 saturated carbocycles. The third kappa shape index (κ3) is 5.55. The Morgan fingerprint density at radius 1 is 1.17 bits per heavy atom. The lowest BCUT2D eigenvalue weighted by Crippen LogP contribution is -2.34. The molecular weight excluding hydrogens is 312 g/mol. The second kappa shape index (κ2) is 8.70. The van der Waals surface area contributed by atoms with Gasteiger partial charge in [-0.3, -0.25) is 14.6 Å². The van der Waals surface area contributed by atoms with E-state index in [1.165, 1.54) is 12.4 Å². The number of rotatable bonds is 6. The van der Waals surface area contributed by atoms with E-state index in [4.69, 9.17) is 0 Å². The summed E-state index contributed by atoms with van der Waals surface area (Å²) in [5.74, 6) is -0.733. The van der Waals surface area contributed by atoms with Gasteiger partial charge in [0, 0.05) is 22.9 Å². The fourth-order valence-electron chi connectivity index (χ4n) is 1.67. The summed E-state index contributed by atoms with van der Waals surface area (Å²) in [6.45, 7) is -0.149. The van der Waals surface area contributed by atoms with Gasteiger partial charge >= 0.3 is 0 Å². The smallest absolute Gasteiger partial charge is 0.259 e. The van der Waals surface area contributed by atoms with E-state index in [1.54, 1.807) is 30.1 Å². The Hall–Kier alpha value is -2.67. The van der Waals surface area contributed by atoms with Crippen molar-refractivity contribution in [1.82, 2.24) is 15.7 Å². The van der Waals surface area contributed by atoms with Crippen LogP contribution in [0.3, 0.4) is 0 Å². The van der Waals surface area contributed by atoms with E-state index in [1.807, 2.05) is 30.5 Å². The fraction of sp³-hybridized carbons (Fsp3) is 0.125. The summed E-state index contributed by atoms with van der Waals surface area (Å²) in [5.41, 5.74) is 3.69. The van der Waals surface area contributed by atoms with E-state index in [0.717, 1.165) is 10.5 Å². The van der Waals surface area contributed by atoms with Crippen molar-refractivity contribution < 1.29 is 9.59 Å². The molecule has 0 aliphatic carbocycles. The molecule has 23 heavy (non-hydrogen) atoms. The molecule has 0 radical (unpaired) electrons. The topological polar surface area (TPSA) is 83.5 Å². The Labute approximate surface area is 138 Å². The predicted octanol–water partition coefficient (Wildman–Crippen LogP) is 1.68. The van der Waals surface area contributed by atoms with Crippen molar-refractivity contribution in [2.45, 2.75) is 4.90 Å². The molecule has 0 aliphatic heterocycles. The number of hydrogen-bond acceptors (Lipinski definition) is 5. The molecule has 6 nitrogen and oxygen atoms in total. The van der Waals surface area contributed by atoms with Gasteiger partial charge in [-0.2, -0.15) is 5.10 Å². The summed E-state index contributed by atoms with van der Waals surface area (Å²) in [6, 6.07) is 10.9. The molecule has 0 spiro atoms. The molecule has 1 aromatic heterocycles. The van der Waals surface area contributed by atoms with Crippen molar-refractivity contribution in [3.8, 4) is 0 Å². The molecule has 2 N–H and O–H groups in total. The quantitative estimate of drug-likeness (QED) is 0.480. The molecule has 0 saturated heterocycles. The van der Waals surface area contributed by atoms with Crippen LogP contribution in [0.25, 0.3) is 0 Å². The van der Waals surface area contributed by atoms with Crippen molar-refractivity contribution in [3.63, 3.8) is 0 Å². The Balaban J connectivity index is 1.76. The van der Waals surface area contributed by atoms with Crippen LogP contribution in [0, 0.1) is 0 Å². The predicted molar refractivity (Wildman–Crippen MR) is 90.5 cm³/mol. The number of carbonyl (C=O) groups is 2. The maximum absolute atomic E-state index is 11.7. The molecule has 0 fully saturated rings. The summed E-state index contributed by atoms with van der Waals surface area (Å²) >= 11 is 1.66. The number of hydrogen-bond donors (Lipinski definition) is 2. The van der Waals surface area contributed by atoms with E-state index in [9.17, 15) is 9.59 Å². The SMILES string of the molecule is CSc1ccc(/C=N\NC(=O)CNC(=O)c2ccncc2)cc1. The van der Waals surface area contributed by atoms with Gasteiger partial charge in [0.15, 0.2) is 0 Å². The van der Waals surface area contributed by atoms with Gasteiger partial charge in [-0.25, -0.2) is 5.43 Å². The first-order valence-electron chi connectivity index (χ1n) is 6.83. The number of hydrazone groups is 1. The van der Waals surface area contributed by atoms with Crippen LogP contribution in [0.4, 0.5) is 0 Å². The Bertz CT molecular complexity index is 687. The lowest BCUT2D eigenvalue weighted by molar-refractivity contribution is -0.120. The van der Waals surface area contributed by atoms with Gasteiger partial charge < -0.3 is 5.32 Å². The molecule has 2 aromatic rings. The Morgan fingerprint density at radius 3 is 2.52 bits per heavy atom. The highest BCUT2D eigenvalue weighted by molar-refractivity contribution is 7.98. The van der Waals surface area contributed by atoms with Crippen LogP contribution in [0.15, 0.2) is 58.8 Å². The van der Waals surface area contributed by atoms with Crippen molar-refractivity contribution in [3.05, 3.63) is 59.9 Å². The number of benzene rings is 1. The molecule has 0 bridgehead atoms. The van der Waals surface area contributed by atoms with Crippen LogP contribution < -0.4 is 10.7 Å². The third-order valence-electron chi connectivity index (χ3n) is 2.87. The lowest BCUT2D eigenvalue weighted by atomic mass is 10.2. The number of aromatic nitrogens is 1. The monoisotopic (exact) mass is 328 g/mol. The van der Waals surface area contributed by atoms with Gasteiger partial charge in [-0.15, -0.1) is 11.8 Å². The third-order valence-corrected chi connectivity index (χ3v) is 3.61. The maximum Gasteiger partial charge on any atom is 0.259 e. The molecule has 1 aromatic carbocycles. The van der Waals surface area contributed by atoms with Gasteiger partial charge in [0.1, 0.15) is 0 Å². The number of carbonyl (C=O) groups excluding carboxylic acids is 2. The van der Waals surface area contributed by atoms with Crippen LogP contribution >= 0.6 is 11.8 Å². The second-order valence-electron chi connectivity index (χ2n) is 4.48. The molecule has 2 rings (SSSR count). The normalized spacial score (nSPS) is 10.5. The summed E-state index contributed by atoms with van der Waals surface area (Å²) in [6.07, 6.45) is 6.58. The van der Waals surface area contributed by atoms with Crippen LogP contribution in [0.5, 0.6) is 0 Å². The summed E-state index contributed by atoms with van der Waals surface area (Å²) < 4.78 is 0. The molecular formula is C16H16N4O2S. The zero-order chi connectivity index (χ0) is 16.5. The molecule has 0 unspecified atom stereocenters. The first-order valence-corrected chi connectivity index (χ1v) is 8.05. The minimum absolute atomic E-state index is 0.149. The highest BCUT2D eigenvalue weighted by Crippen LogP contribution is 2.13. The van der Waals surface area contributed by atoms with Gasteiger partial charge in [0.2, 0.25) is 0 Å². The molecule has 1 heterocycles. The molecule has 0 atom stereocenters. The average Bonchev–Trinajstić information content (AvgIpc) is 2.61. The maximum atomic E-state index is 11.7. The van der Waals surface area contributed by atoms with E-state index < -0.39 is 5.91 Å². The van der Waals surface area contributed by atoms with Gasteiger partial charge in [-0.1, -0.05) is 12.1 Å². The van der Waals surface area contributed by atoms with E-state index >= 15 is 0 Å². The standard InChI is InChI=1S/C16H16N4O2S/c1-23-14-4-2-12(3-5-14)10-19-20-15(21)11-18-16(22)13-6-8-17-9-7-13/h2-10H,11H2,1H3,(H,18,22)(H,20,21)/b19-10-. The molecule has 7 heteroatoms. The molecule has 118 valence electrons. The minimum Gasteiger partial charge on any atom is -0.343 e. The minimum atomic E-state index is -0.399. The summed E-state index contributed by atoms with van der Waals surface area (Å²) in [7, 11) is 0. The van der Waals surface area contributed by atoms with E-state index in [2.05, 4.69) is 20.8 Å². The van der Waals surface area contributed by atoms with E-state index in [-0.39, 0.29) is 12.5 Å². The van der Waals surface area contributed by atoms with Crippen molar-refractivity contribution in [2.24, 2.45) is 5.10 Å². The highest BCUT2D eigenvalue weighted by atomic mass is 32.2. The van der Waals surface area contributed by atoms with Crippen LogP contribution in [-0.2, 0) is 4.79 Å². The first kappa shape index (κ1) is 16.7. The number of nitrogens with zero attached hydrogens (tertiary/aromatic N) is 2. The first-order chi connectivity index (χ1) is 11.2. The molecule has 2 amide bonds. The number of amides is 2. The largest absolute Gasteiger partial charge is 0.343 e. The van der Waals surface area contributed by atoms with Crippen LogP contribution in [0.2, 0.25) is 0 Å². The number of thioether (sulfide) groups is 1. The zero-order valence-corrected chi connectivity index (χ0v) is 13.3. The van der Waals surface area contributed by atoms with E-state index in [0.29, 0.717) is 5.56 Å². The number of pyridine rings is 1. The van der Waals surface area contributed by atoms with Gasteiger partial charge in [-0.05, 0) is 36.1 Å². The average molecular weight is 328 g/mol. The number of nitrogens with one attached hydrogen (secondary N) is 2. The van der Waals surface area contributed by atoms with Crippen LogP contribution in [-0.4, -0.2) is 35.8 Å². The van der Waals surface area contributed by atoms with Crippen LogP contribution in [0.1, 0.15) is 15.9 Å². The summed E-state index contributed by atoms with van der Waals surface area (Å²) in [5, 5.41) is 6.36. The van der Waals surface area contributed by atoms with Gasteiger partial charge in [0.25, 0.3) is 11.8 Å². The molecule has 0 aliphatic rings. The fourth-order valence-corrected chi connectivity index (χ4v) is 2.08.